The van der Waals surface area contributed by atoms with Gasteiger partial charge < -0.3 is 10.1 Å². The van der Waals surface area contributed by atoms with Crippen LogP contribution in [0, 0.1) is 12.8 Å². The lowest BCUT2D eigenvalue weighted by Gasteiger charge is -2.32. The number of fused-ring (bicyclic) bond motifs is 4. The molecule has 6 nitrogen and oxygen atoms in total. The first kappa shape index (κ1) is 18.6. The Hall–Kier alpha value is -2.38. The molecule has 3 heterocycles. The number of ether oxygens (including phenoxy) is 1. The van der Waals surface area contributed by atoms with Gasteiger partial charge in [-0.1, -0.05) is 12.1 Å². The Morgan fingerprint density at radius 1 is 1.31 bits per heavy atom. The molecule has 0 bridgehead atoms. The average Bonchev–Trinajstić information content (AvgIpc) is 3.31. The maximum Gasteiger partial charge on any atom is 0.329 e. The number of hydrogen-bond acceptors (Lipinski definition) is 5. The molecule has 2 aliphatic rings. The minimum atomic E-state index is -0.315. The molecule has 1 aliphatic heterocycles. The summed E-state index contributed by atoms with van der Waals surface area (Å²) in [7, 11) is 1.73. The minimum absolute atomic E-state index is 0.178. The van der Waals surface area contributed by atoms with Crippen molar-refractivity contribution < 1.29 is 4.74 Å². The summed E-state index contributed by atoms with van der Waals surface area (Å²) < 4.78 is 6.96. The summed E-state index contributed by atoms with van der Waals surface area (Å²) in [6.07, 6.45) is 2.93. The van der Waals surface area contributed by atoms with E-state index in [-0.39, 0.29) is 17.3 Å². The number of aromatic amines is 1. The van der Waals surface area contributed by atoms with Crippen LogP contribution in [0.5, 0.6) is 5.75 Å². The summed E-state index contributed by atoms with van der Waals surface area (Å²) >= 11 is 1.41. The maximum atomic E-state index is 12.9. The van der Waals surface area contributed by atoms with E-state index in [1.807, 2.05) is 18.4 Å². The molecule has 0 radical (unpaired) electrons. The summed E-state index contributed by atoms with van der Waals surface area (Å²) in [4.78, 5) is 29.0. The number of H-pyrrole nitrogens is 1. The van der Waals surface area contributed by atoms with E-state index < -0.39 is 0 Å². The quantitative estimate of drug-likeness (QED) is 0.692. The van der Waals surface area contributed by atoms with Gasteiger partial charge in [0.2, 0.25) is 0 Å². The first-order chi connectivity index (χ1) is 14.1. The lowest BCUT2D eigenvalue weighted by Crippen LogP contribution is -2.37. The smallest absolute Gasteiger partial charge is 0.329 e. The van der Waals surface area contributed by atoms with E-state index in [1.54, 1.807) is 7.11 Å². The zero-order valence-electron chi connectivity index (χ0n) is 16.7. The minimum Gasteiger partial charge on any atom is -0.496 e. The molecular formula is C22H25N3O3S. The van der Waals surface area contributed by atoms with E-state index in [0.29, 0.717) is 28.6 Å². The van der Waals surface area contributed by atoms with Crippen molar-refractivity contribution in [1.29, 1.82) is 0 Å². The van der Waals surface area contributed by atoms with Gasteiger partial charge in [-0.05, 0) is 66.8 Å². The van der Waals surface area contributed by atoms with Crippen LogP contribution in [0.15, 0.2) is 33.2 Å². The normalized spacial score (nSPS) is 23.2. The Balaban J connectivity index is 1.45. The third kappa shape index (κ3) is 2.95. The highest BCUT2D eigenvalue weighted by molar-refractivity contribution is 7.16. The Morgan fingerprint density at radius 2 is 2.17 bits per heavy atom. The number of aryl methyl sites for hydroxylation is 1. The van der Waals surface area contributed by atoms with E-state index >= 15 is 0 Å². The Kier molecular flexibility index (Phi) is 4.59. The second-order valence-electron chi connectivity index (χ2n) is 8.17. The van der Waals surface area contributed by atoms with E-state index in [2.05, 4.69) is 22.4 Å². The number of nitrogens with zero attached hydrogens (tertiary/aromatic N) is 1. The zero-order chi connectivity index (χ0) is 20.1. The van der Waals surface area contributed by atoms with E-state index in [4.69, 9.17) is 4.74 Å². The largest absolute Gasteiger partial charge is 0.496 e. The van der Waals surface area contributed by atoms with Crippen molar-refractivity contribution in [3.63, 3.8) is 0 Å². The molecule has 152 valence electrons. The highest BCUT2D eigenvalue weighted by atomic mass is 32.1. The second-order valence-corrected chi connectivity index (χ2v) is 9.05. The fourth-order valence-corrected chi connectivity index (χ4v) is 6.19. The topological polar surface area (TPSA) is 76.1 Å². The van der Waals surface area contributed by atoms with Crippen molar-refractivity contribution in [3.05, 3.63) is 61.1 Å². The predicted octanol–water partition coefficient (Wildman–Crippen LogP) is 2.78. The summed E-state index contributed by atoms with van der Waals surface area (Å²) in [6, 6.07) is 6.57. The Bertz CT molecular complexity index is 1190. The van der Waals surface area contributed by atoms with Gasteiger partial charge in [-0.25, -0.2) is 4.79 Å². The van der Waals surface area contributed by atoms with Crippen LogP contribution in [0.1, 0.15) is 35.4 Å². The van der Waals surface area contributed by atoms with Gasteiger partial charge in [-0.15, -0.1) is 11.3 Å². The SMILES string of the molecule is COc1cccc2c1CC[C@H]1CNC(CCn3c(=O)[nH]c4scc(C)c4c3=O)[C@@H]21. The molecule has 0 spiro atoms. The maximum absolute atomic E-state index is 12.9. The van der Waals surface area contributed by atoms with Crippen LogP contribution in [0.25, 0.3) is 10.2 Å². The number of hydrogen-bond donors (Lipinski definition) is 2. The number of methoxy groups -OCH3 is 1. The van der Waals surface area contributed by atoms with Crippen molar-refractivity contribution in [1.82, 2.24) is 14.9 Å². The fraction of sp³-hybridized carbons (Fsp3) is 0.455. The Morgan fingerprint density at radius 3 is 3.00 bits per heavy atom. The highest BCUT2D eigenvalue weighted by Crippen LogP contribution is 2.45. The third-order valence-electron chi connectivity index (χ3n) is 6.66. The molecule has 7 heteroatoms. The lowest BCUT2D eigenvalue weighted by molar-refractivity contribution is 0.371. The molecule has 2 N–H and O–H groups in total. The summed E-state index contributed by atoms with van der Waals surface area (Å²) in [5.41, 5.74) is 3.11. The van der Waals surface area contributed by atoms with Gasteiger partial charge in [0.05, 0.1) is 12.5 Å². The molecule has 1 unspecified atom stereocenters. The van der Waals surface area contributed by atoms with E-state index in [9.17, 15) is 9.59 Å². The molecule has 3 aromatic rings. The molecular weight excluding hydrogens is 386 g/mol. The summed E-state index contributed by atoms with van der Waals surface area (Å²) in [5, 5.41) is 6.22. The van der Waals surface area contributed by atoms with Crippen LogP contribution in [-0.2, 0) is 13.0 Å². The first-order valence-electron chi connectivity index (χ1n) is 10.2. The van der Waals surface area contributed by atoms with Gasteiger partial charge in [-0.2, -0.15) is 0 Å². The molecule has 3 atom stereocenters. The molecule has 5 rings (SSSR count). The van der Waals surface area contributed by atoms with Crippen molar-refractivity contribution in [2.75, 3.05) is 13.7 Å². The summed E-state index contributed by atoms with van der Waals surface area (Å²) in [6.45, 7) is 3.32. The van der Waals surface area contributed by atoms with Gasteiger partial charge in [0.1, 0.15) is 10.6 Å². The number of thiophene rings is 1. The highest BCUT2D eigenvalue weighted by Gasteiger charge is 2.40. The molecule has 1 saturated heterocycles. The molecule has 0 saturated carbocycles. The predicted molar refractivity (Wildman–Crippen MR) is 115 cm³/mol. The van der Waals surface area contributed by atoms with Crippen LogP contribution in [-0.4, -0.2) is 29.2 Å². The molecule has 29 heavy (non-hydrogen) atoms. The fourth-order valence-electron chi connectivity index (χ4n) is 5.27. The van der Waals surface area contributed by atoms with Gasteiger partial charge in [0, 0.05) is 18.5 Å². The van der Waals surface area contributed by atoms with Crippen molar-refractivity contribution in [2.45, 2.75) is 44.7 Å². The second kappa shape index (κ2) is 7.15. The number of nitrogens with one attached hydrogen (secondary N) is 2. The standard InChI is InChI=1S/C22H25N3O3S/c1-12-11-29-20-18(12)21(26)25(22(27)24-20)9-8-16-19-13(10-23-16)6-7-14-15(19)4-3-5-17(14)28-2/h3-5,11,13,16,19,23H,6-10H2,1-2H3,(H,24,27)/t13-,16?,19+/m0/s1. The van der Waals surface area contributed by atoms with Gasteiger partial charge >= 0.3 is 5.69 Å². The number of rotatable bonds is 4. The number of aromatic nitrogens is 2. The molecule has 2 aromatic heterocycles. The molecule has 1 aliphatic carbocycles. The van der Waals surface area contributed by atoms with Gasteiger partial charge in [0.25, 0.3) is 5.56 Å². The van der Waals surface area contributed by atoms with Crippen LogP contribution < -0.4 is 21.3 Å². The lowest BCUT2D eigenvalue weighted by atomic mass is 9.73. The number of benzene rings is 1. The monoisotopic (exact) mass is 411 g/mol. The zero-order valence-corrected chi connectivity index (χ0v) is 17.5. The van der Waals surface area contributed by atoms with E-state index in [0.717, 1.165) is 37.1 Å². The molecule has 0 amide bonds. The van der Waals surface area contributed by atoms with Crippen LogP contribution in [0.4, 0.5) is 0 Å². The van der Waals surface area contributed by atoms with Gasteiger partial charge in [-0.3, -0.25) is 14.3 Å². The van der Waals surface area contributed by atoms with Crippen molar-refractivity contribution >= 4 is 21.6 Å². The Labute approximate surface area is 172 Å². The van der Waals surface area contributed by atoms with Crippen LogP contribution in [0.2, 0.25) is 0 Å². The van der Waals surface area contributed by atoms with Crippen molar-refractivity contribution in [2.24, 2.45) is 5.92 Å². The third-order valence-corrected chi connectivity index (χ3v) is 7.67. The summed E-state index contributed by atoms with van der Waals surface area (Å²) in [5.74, 6) is 1.96. The van der Waals surface area contributed by atoms with Gasteiger partial charge in [0.15, 0.2) is 0 Å². The van der Waals surface area contributed by atoms with Crippen LogP contribution in [0.3, 0.4) is 0 Å². The molecule has 1 aromatic carbocycles. The van der Waals surface area contributed by atoms with Crippen molar-refractivity contribution in [3.8, 4) is 5.75 Å². The first-order valence-corrected chi connectivity index (χ1v) is 11.1. The van der Waals surface area contributed by atoms with E-state index in [1.165, 1.54) is 27.0 Å². The van der Waals surface area contributed by atoms with Crippen LogP contribution >= 0.6 is 11.3 Å². The average molecular weight is 412 g/mol. The molecule has 1 fully saturated rings.